The molecule has 0 bridgehead atoms. The molecule has 108 valence electrons. The Hall–Kier alpha value is -0.625. The number of hydrogen-bond donors (Lipinski definition) is 4. The molecule has 0 spiro atoms. The van der Waals surface area contributed by atoms with Crippen molar-refractivity contribution in [1.29, 1.82) is 0 Å². The topological polar surface area (TPSA) is 107 Å². The molecule has 3 unspecified atom stereocenters. The van der Waals surface area contributed by atoms with E-state index in [2.05, 4.69) is 4.90 Å². The zero-order valence-corrected chi connectivity index (χ0v) is 11.3. The molecule has 2 fully saturated rings. The third-order valence-electron chi connectivity index (χ3n) is 5.02. The zero-order chi connectivity index (χ0) is 14.2. The summed E-state index contributed by atoms with van der Waals surface area (Å²) in [6.07, 6.45) is 3.14. The Morgan fingerprint density at radius 1 is 1.53 bits per heavy atom. The van der Waals surface area contributed by atoms with Crippen LogP contribution in [0, 0.1) is 11.8 Å². The van der Waals surface area contributed by atoms with Gasteiger partial charge in [-0.25, -0.2) is 0 Å². The molecule has 1 aliphatic carbocycles. The van der Waals surface area contributed by atoms with E-state index in [-0.39, 0.29) is 24.2 Å². The molecule has 19 heavy (non-hydrogen) atoms. The highest BCUT2D eigenvalue weighted by Crippen LogP contribution is 2.48. The minimum Gasteiger partial charge on any atom is -0.480 e. The fourth-order valence-electron chi connectivity index (χ4n) is 3.94. The monoisotopic (exact) mass is 270 g/mol. The number of rotatable bonds is 5. The number of carboxylic acid groups (broad SMARTS) is 1. The standard InChI is InChI=1S/C12H23BN2O4/c1-15-6-4-9-10(15)7-8(3-2-5-13(18)19)12(9,14)11(16)17/h8-10,18-19H,2-7,14H2,1H3,(H,16,17)/t8?,9?,10-,12?/m1/s1. The largest absolute Gasteiger partial charge is 0.480 e. The molecule has 0 amide bonds. The van der Waals surface area contributed by atoms with Crippen molar-refractivity contribution in [2.45, 2.75) is 43.6 Å². The Bertz CT molecular complexity index is 355. The van der Waals surface area contributed by atoms with Crippen molar-refractivity contribution >= 4 is 13.1 Å². The highest BCUT2D eigenvalue weighted by atomic mass is 16.4. The molecule has 0 aromatic heterocycles. The van der Waals surface area contributed by atoms with Gasteiger partial charge in [-0.2, -0.15) is 0 Å². The van der Waals surface area contributed by atoms with Crippen LogP contribution in [0.25, 0.3) is 0 Å². The maximum Gasteiger partial charge on any atom is 0.451 e. The van der Waals surface area contributed by atoms with E-state index in [0.717, 1.165) is 19.4 Å². The first-order chi connectivity index (χ1) is 8.87. The van der Waals surface area contributed by atoms with Crippen molar-refractivity contribution in [2.75, 3.05) is 13.6 Å². The van der Waals surface area contributed by atoms with Gasteiger partial charge < -0.3 is 25.8 Å². The molecule has 7 heteroatoms. The van der Waals surface area contributed by atoms with Crippen LogP contribution in [-0.4, -0.2) is 58.3 Å². The van der Waals surface area contributed by atoms with Gasteiger partial charge in [-0.15, -0.1) is 0 Å². The fraction of sp³-hybridized carbons (Fsp3) is 0.917. The summed E-state index contributed by atoms with van der Waals surface area (Å²) in [5.41, 5.74) is 5.10. The first-order valence-corrected chi connectivity index (χ1v) is 6.96. The second-order valence-electron chi connectivity index (χ2n) is 6.03. The predicted octanol–water partition coefficient (Wildman–Crippen LogP) is -0.638. The van der Waals surface area contributed by atoms with Crippen LogP contribution in [0.2, 0.25) is 6.32 Å². The van der Waals surface area contributed by atoms with Gasteiger partial charge in [-0.3, -0.25) is 4.79 Å². The molecule has 6 nitrogen and oxygen atoms in total. The lowest BCUT2D eigenvalue weighted by molar-refractivity contribution is -0.146. The molecule has 4 atom stereocenters. The Morgan fingerprint density at radius 2 is 2.21 bits per heavy atom. The fourth-order valence-corrected chi connectivity index (χ4v) is 3.94. The number of carboxylic acids is 1. The van der Waals surface area contributed by atoms with Crippen LogP contribution in [-0.2, 0) is 4.79 Å². The van der Waals surface area contributed by atoms with Gasteiger partial charge in [0, 0.05) is 12.0 Å². The van der Waals surface area contributed by atoms with E-state index in [1.807, 2.05) is 7.05 Å². The summed E-state index contributed by atoms with van der Waals surface area (Å²) in [6.45, 7) is 0.906. The highest BCUT2D eigenvalue weighted by molar-refractivity contribution is 6.40. The summed E-state index contributed by atoms with van der Waals surface area (Å²) in [6, 6.07) is 0.255. The van der Waals surface area contributed by atoms with E-state index in [1.165, 1.54) is 0 Å². The summed E-state index contributed by atoms with van der Waals surface area (Å²) in [7, 11) is 0.702. The number of fused-ring (bicyclic) bond motifs is 1. The number of hydrogen-bond acceptors (Lipinski definition) is 5. The molecule has 1 saturated heterocycles. The maximum absolute atomic E-state index is 11.6. The van der Waals surface area contributed by atoms with Gasteiger partial charge in [-0.1, -0.05) is 6.42 Å². The smallest absolute Gasteiger partial charge is 0.451 e. The van der Waals surface area contributed by atoms with Gasteiger partial charge in [0.1, 0.15) is 5.54 Å². The highest BCUT2D eigenvalue weighted by Gasteiger charge is 2.59. The van der Waals surface area contributed by atoms with Crippen LogP contribution in [0.1, 0.15) is 25.7 Å². The molecular formula is C12H23BN2O4. The third-order valence-corrected chi connectivity index (χ3v) is 5.02. The van der Waals surface area contributed by atoms with Crippen LogP contribution < -0.4 is 5.73 Å². The summed E-state index contributed by atoms with van der Waals surface area (Å²) in [5, 5.41) is 27.3. The lowest BCUT2D eigenvalue weighted by Gasteiger charge is -2.31. The molecule has 1 aliphatic heterocycles. The zero-order valence-electron chi connectivity index (χ0n) is 11.3. The summed E-state index contributed by atoms with van der Waals surface area (Å²) >= 11 is 0. The minimum absolute atomic E-state index is 0.0130. The Balaban J connectivity index is 2.07. The summed E-state index contributed by atoms with van der Waals surface area (Å²) in [4.78, 5) is 13.8. The Morgan fingerprint density at radius 3 is 2.79 bits per heavy atom. The van der Waals surface area contributed by atoms with E-state index >= 15 is 0 Å². The minimum atomic E-state index is -1.32. The lowest BCUT2D eigenvalue weighted by atomic mass is 9.75. The number of carbonyl (C=O) groups is 1. The molecule has 1 saturated carbocycles. The second-order valence-corrected chi connectivity index (χ2v) is 6.03. The van der Waals surface area contributed by atoms with Crippen LogP contribution in [0.4, 0.5) is 0 Å². The molecule has 0 aromatic rings. The van der Waals surface area contributed by atoms with Gasteiger partial charge in [-0.05, 0) is 45.1 Å². The normalized spacial score (nSPS) is 38.4. The van der Waals surface area contributed by atoms with E-state index in [1.54, 1.807) is 0 Å². The van der Waals surface area contributed by atoms with Gasteiger partial charge in [0.2, 0.25) is 0 Å². The Labute approximate surface area is 113 Å². The summed E-state index contributed by atoms with van der Waals surface area (Å²) < 4.78 is 0. The van der Waals surface area contributed by atoms with Gasteiger partial charge in [0.15, 0.2) is 0 Å². The predicted molar refractivity (Wildman–Crippen MR) is 71.4 cm³/mol. The average Bonchev–Trinajstić information content (AvgIpc) is 2.81. The van der Waals surface area contributed by atoms with Crippen LogP contribution >= 0.6 is 0 Å². The van der Waals surface area contributed by atoms with Gasteiger partial charge >= 0.3 is 13.1 Å². The Kier molecular flexibility index (Phi) is 4.20. The lowest BCUT2D eigenvalue weighted by Crippen LogP contribution is -2.56. The molecular weight excluding hydrogens is 247 g/mol. The van der Waals surface area contributed by atoms with Crippen LogP contribution in [0.5, 0.6) is 0 Å². The quantitative estimate of drug-likeness (QED) is 0.495. The van der Waals surface area contributed by atoms with E-state index in [0.29, 0.717) is 12.8 Å². The molecule has 2 aliphatic rings. The molecule has 2 rings (SSSR count). The van der Waals surface area contributed by atoms with Crippen LogP contribution in [0.15, 0.2) is 0 Å². The second kappa shape index (κ2) is 5.40. The molecule has 0 aromatic carbocycles. The van der Waals surface area contributed by atoms with E-state index in [9.17, 15) is 9.90 Å². The number of likely N-dealkylation sites (tertiary alicyclic amines) is 1. The molecule has 5 N–H and O–H groups in total. The summed E-state index contributed by atoms with van der Waals surface area (Å²) in [5.74, 6) is -0.981. The van der Waals surface area contributed by atoms with Crippen molar-refractivity contribution in [3.8, 4) is 0 Å². The van der Waals surface area contributed by atoms with Crippen molar-refractivity contribution < 1.29 is 19.9 Å². The van der Waals surface area contributed by atoms with Crippen molar-refractivity contribution in [3.05, 3.63) is 0 Å². The molecule has 0 radical (unpaired) electrons. The third kappa shape index (κ3) is 2.52. The average molecular weight is 270 g/mol. The maximum atomic E-state index is 11.6. The van der Waals surface area contributed by atoms with Gasteiger partial charge in [0.25, 0.3) is 0 Å². The molecule has 1 heterocycles. The first-order valence-electron chi connectivity index (χ1n) is 6.96. The number of aliphatic carboxylic acids is 1. The van der Waals surface area contributed by atoms with Crippen LogP contribution in [0.3, 0.4) is 0 Å². The van der Waals surface area contributed by atoms with Crippen molar-refractivity contribution in [2.24, 2.45) is 17.6 Å². The van der Waals surface area contributed by atoms with E-state index < -0.39 is 18.6 Å². The van der Waals surface area contributed by atoms with Gasteiger partial charge in [0.05, 0.1) is 0 Å². The number of nitrogens with two attached hydrogens (primary N) is 1. The first kappa shape index (κ1) is 14.8. The SMILES string of the molecule is CN1CCC2[C@H]1CC(CCCB(O)O)C2(N)C(=O)O. The van der Waals surface area contributed by atoms with Crippen molar-refractivity contribution in [3.63, 3.8) is 0 Å². The number of nitrogens with zero attached hydrogens (tertiary/aromatic N) is 1. The van der Waals surface area contributed by atoms with Crippen molar-refractivity contribution in [1.82, 2.24) is 4.90 Å². The van der Waals surface area contributed by atoms with E-state index in [4.69, 9.17) is 15.8 Å².